The Bertz CT molecular complexity index is 938. The van der Waals surface area contributed by atoms with Crippen molar-refractivity contribution in [2.75, 3.05) is 11.4 Å². The Balaban J connectivity index is 1.53. The van der Waals surface area contributed by atoms with Gasteiger partial charge >= 0.3 is 0 Å². The van der Waals surface area contributed by atoms with Crippen LogP contribution in [-0.2, 0) is 13.0 Å². The maximum absolute atomic E-state index is 5.99. The van der Waals surface area contributed by atoms with Gasteiger partial charge in [-0.2, -0.15) is 0 Å². The molecule has 0 fully saturated rings. The minimum atomic E-state index is 0.146. The van der Waals surface area contributed by atoms with E-state index < -0.39 is 0 Å². The third kappa shape index (κ3) is 3.79. The summed E-state index contributed by atoms with van der Waals surface area (Å²) in [7, 11) is 0. The average Bonchev–Trinajstić information content (AvgIpc) is 3.13. The van der Waals surface area contributed by atoms with E-state index in [9.17, 15) is 0 Å². The summed E-state index contributed by atoms with van der Waals surface area (Å²) in [5, 5.41) is 0. The molecule has 0 aliphatic carbocycles. The molecular weight excluding hydrogens is 398 g/mol. The topological polar surface area (TPSA) is 12.5 Å². The first-order valence-electron chi connectivity index (χ1n) is 9.19. The number of halogens is 1. The molecule has 27 heavy (non-hydrogen) atoms. The van der Waals surface area contributed by atoms with E-state index in [0.717, 1.165) is 28.8 Å². The van der Waals surface area contributed by atoms with Crippen molar-refractivity contribution < 1.29 is 4.74 Å². The fourth-order valence-corrected chi connectivity index (χ4v) is 4.16. The Morgan fingerprint density at radius 1 is 1.04 bits per heavy atom. The molecule has 1 heterocycles. The van der Waals surface area contributed by atoms with Gasteiger partial charge in [0.25, 0.3) is 0 Å². The summed E-state index contributed by atoms with van der Waals surface area (Å²) in [4.78, 5) is 2.43. The second-order valence-electron chi connectivity index (χ2n) is 6.72. The molecule has 1 atom stereocenters. The standard InChI is InChI=1S/C24H22BrNO/c1-2-22(26-15-14-19-10-6-7-11-23(19)26)20-12-13-24(21(25)16-20)27-17-18-8-4-3-5-9-18/h2-13,16,22H,1,14-15,17H2/t22-/m0/s1. The molecule has 4 rings (SSSR count). The number of hydrogen-bond acceptors (Lipinski definition) is 2. The number of rotatable bonds is 6. The number of para-hydroxylation sites is 1. The van der Waals surface area contributed by atoms with Gasteiger partial charge in [0.15, 0.2) is 0 Å². The van der Waals surface area contributed by atoms with Crippen LogP contribution < -0.4 is 9.64 Å². The smallest absolute Gasteiger partial charge is 0.134 e. The van der Waals surface area contributed by atoms with E-state index in [-0.39, 0.29) is 6.04 Å². The van der Waals surface area contributed by atoms with E-state index in [1.165, 1.54) is 16.8 Å². The minimum Gasteiger partial charge on any atom is -0.488 e. The highest BCUT2D eigenvalue weighted by atomic mass is 79.9. The average molecular weight is 420 g/mol. The Kier molecular flexibility index (Phi) is 5.30. The second kappa shape index (κ2) is 8.01. The van der Waals surface area contributed by atoms with Crippen LogP contribution >= 0.6 is 15.9 Å². The van der Waals surface area contributed by atoms with Crippen molar-refractivity contribution in [3.05, 3.63) is 107 Å². The van der Waals surface area contributed by atoms with E-state index >= 15 is 0 Å². The summed E-state index contributed by atoms with van der Waals surface area (Å²) in [5.41, 5.74) is 5.08. The van der Waals surface area contributed by atoms with Crippen LogP contribution in [0.3, 0.4) is 0 Å². The highest BCUT2D eigenvalue weighted by Gasteiger charge is 2.25. The summed E-state index contributed by atoms with van der Waals surface area (Å²) in [5.74, 6) is 0.854. The number of benzene rings is 3. The molecule has 0 saturated carbocycles. The number of hydrogen-bond donors (Lipinski definition) is 0. The second-order valence-corrected chi connectivity index (χ2v) is 7.57. The van der Waals surface area contributed by atoms with Gasteiger partial charge in [-0.15, -0.1) is 6.58 Å². The van der Waals surface area contributed by atoms with Crippen molar-refractivity contribution in [2.24, 2.45) is 0 Å². The van der Waals surface area contributed by atoms with Crippen LogP contribution in [0.4, 0.5) is 5.69 Å². The fourth-order valence-electron chi connectivity index (χ4n) is 3.65. The minimum absolute atomic E-state index is 0.146. The van der Waals surface area contributed by atoms with Gasteiger partial charge in [-0.1, -0.05) is 60.7 Å². The monoisotopic (exact) mass is 419 g/mol. The Labute approximate surface area is 169 Å². The molecule has 0 radical (unpaired) electrons. The van der Waals surface area contributed by atoms with Crippen molar-refractivity contribution in [1.82, 2.24) is 0 Å². The molecule has 0 bridgehead atoms. The van der Waals surface area contributed by atoms with Crippen LogP contribution in [0.25, 0.3) is 0 Å². The molecule has 2 nitrogen and oxygen atoms in total. The van der Waals surface area contributed by atoms with Crippen molar-refractivity contribution in [2.45, 2.75) is 19.1 Å². The lowest BCUT2D eigenvalue weighted by Crippen LogP contribution is -2.25. The molecule has 3 aromatic rings. The number of ether oxygens (including phenoxy) is 1. The van der Waals surface area contributed by atoms with Crippen molar-refractivity contribution in [3.8, 4) is 5.75 Å². The number of nitrogens with zero attached hydrogens (tertiary/aromatic N) is 1. The van der Waals surface area contributed by atoms with Crippen molar-refractivity contribution in [3.63, 3.8) is 0 Å². The van der Waals surface area contributed by atoms with Crippen LogP contribution in [0.5, 0.6) is 5.75 Å². The van der Waals surface area contributed by atoms with Gasteiger partial charge in [0, 0.05) is 12.2 Å². The molecule has 0 spiro atoms. The van der Waals surface area contributed by atoms with Gasteiger partial charge in [0.05, 0.1) is 10.5 Å². The summed E-state index contributed by atoms with van der Waals surface area (Å²) in [6.07, 6.45) is 3.11. The van der Waals surface area contributed by atoms with E-state index in [2.05, 4.69) is 75.9 Å². The predicted molar refractivity (Wildman–Crippen MR) is 115 cm³/mol. The van der Waals surface area contributed by atoms with Crippen LogP contribution in [0.15, 0.2) is 89.9 Å². The lowest BCUT2D eigenvalue weighted by molar-refractivity contribution is 0.304. The zero-order chi connectivity index (χ0) is 18.6. The molecule has 0 saturated heterocycles. The van der Waals surface area contributed by atoms with E-state index in [1.54, 1.807) is 0 Å². The van der Waals surface area contributed by atoms with E-state index in [4.69, 9.17) is 4.74 Å². The van der Waals surface area contributed by atoms with Crippen molar-refractivity contribution >= 4 is 21.6 Å². The zero-order valence-electron chi connectivity index (χ0n) is 15.1. The van der Waals surface area contributed by atoms with E-state index in [1.807, 2.05) is 30.3 Å². The largest absolute Gasteiger partial charge is 0.488 e. The maximum atomic E-state index is 5.99. The van der Waals surface area contributed by atoms with Crippen LogP contribution in [-0.4, -0.2) is 6.54 Å². The fraction of sp³-hybridized carbons (Fsp3) is 0.167. The SMILES string of the molecule is C=C[C@@H](c1ccc(OCc2ccccc2)c(Br)c1)N1CCc2ccccc21. The van der Waals surface area contributed by atoms with Crippen LogP contribution in [0.2, 0.25) is 0 Å². The molecule has 136 valence electrons. The molecule has 0 N–H and O–H groups in total. The molecule has 0 aromatic heterocycles. The lowest BCUT2D eigenvalue weighted by atomic mass is 10.0. The van der Waals surface area contributed by atoms with Gasteiger partial charge in [-0.3, -0.25) is 0 Å². The highest BCUT2D eigenvalue weighted by molar-refractivity contribution is 9.10. The summed E-state index contributed by atoms with van der Waals surface area (Å²) < 4.78 is 6.95. The molecular formula is C24H22BrNO. The normalized spacial score (nSPS) is 13.9. The van der Waals surface area contributed by atoms with Gasteiger partial charge in [0.2, 0.25) is 0 Å². The first-order valence-corrected chi connectivity index (χ1v) is 9.99. The molecule has 1 aliphatic heterocycles. The lowest BCUT2D eigenvalue weighted by Gasteiger charge is -2.28. The van der Waals surface area contributed by atoms with Gasteiger partial charge in [-0.05, 0) is 57.2 Å². The van der Waals surface area contributed by atoms with E-state index in [0.29, 0.717) is 6.61 Å². The highest BCUT2D eigenvalue weighted by Crippen LogP contribution is 2.37. The third-order valence-electron chi connectivity index (χ3n) is 5.02. The van der Waals surface area contributed by atoms with Gasteiger partial charge in [0.1, 0.15) is 12.4 Å². The van der Waals surface area contributed by atoms with Crippen LogP contribution in [0.1, 0.15) is 22.7 Å². The number of fused-ring (bicyclic) bond motifs is 1. The molecule has 3 heteroatoms. The molecule has 1 aliphatic rings. The quantitative estimate of drug-likeness (QED) is 0.433. The summed E-state index contributed by atoms with van der Waals surface area (Å²) in [6.45, 7) is 5.67. The Morgan fingerprint density at radius 2 is 1.81 bits per heavy atom. The third-order valence-corrected chi connectivity index (χ3v) is 5.64. The maximum Gasteiger partial charge on any atom is 0.134 e. The first-order chi connectivity index (χ1) is 13.3. The predicted octanol–water partition coefficient (Wildman–Crippen LogP) is 6.32. The summed E-state index contributed by atoms with van der Waals surface area (Å²) >= 11 is 3.68. The number of anilines is 1. The first kappa shape index (κ1) is 17.9. The van der Waals surface area contributed by atoms with Crippen LogP contribution in [0, 0.1) is 0 Å². The molecule has 0 unspecified atom stereocenters. The Morgan fingerprint density at radius 3 is 2.59 bits per heavy atom. The van der Waals surface area contributed by atoms with Gasteiger partial charge in [-0.25, -0.2) is 0 Å². The molecule has 3 aromatic carbocycles. The zero-order valence-corrected chi connectivity index (χ0v) is 16.7. The summed E-state index contributed by atoms with van der Waals surface area (Å²) in [6, 6.07) is 25.3. The van der Waals surface area contributed by atoms with Crippen molar-refractivity contribution in [1.29, 1.82) is 0 Å². The molecule has 0 amide bonds. The van der Waals surface area contributed by atoms with Gasteiger partial charge < -0.3 is 9.64 Å². The Hall–Kier alpha value is -2.52.